The molecule has 15 heteroatoms. The Balaban J connectivity index is 1.46. The lowest BCUT2D eigenvalue weighted by Crippen LogP contribution is -2.58. The number of amides is 7. The van der Waals surface area contributed by atoms with Crippen molar-refractivity contribution in [2.45, 2.75) is 108 Å². The van der Waals surface area contributed by atoms with Gasteiger partial charge in [-0.2, -0.15) is 0 Å². The van der Waals surface area contributed by atoms with Crippen molar-refractivity contribution in [3.63, 3.8) is 0 Å². The average Bonchev–Trinajstić information content (AvgIpc) is 3.17. The Hall–Kier alpha value is -5.60. The van der Waals surface area contributed by atoms with Gasteiger partial charge in [-0.25, -0.2) is 0 Å². The first-order chi connectivity index (χ1) is 26.4. The normalized spacial score (nSPS) is 19.9. The predicted molar refractivity (Wildman–Crippen MR) is 203 cm³/mol. The van der Waals surface area contributed by atoms with Crippen molar-refractivity contribution in [3.8, 4) is 0 Å². The van der Waals surface area contributed by atoms with Gasteiger partial charge >= 0.3 is 0 Å². The fourth-order valence-corrected chi connectivity index (χ4v) is 7.02. The number of Topliss-reactive ketones (excluding diaryl/α,β-unsaturated/α-hetero) is 1. The first kappa shape index (κ1) is 42.1. The SMILES string of the molecule is CCCC(NC(=O)[C@@H]1CCCCNC(=O)Cc2cccc(c2)CC(=O)N[C@@H](C2CCCCC2)C(=O)N1)C(=O)C(=O)NCC(=O)N[C@H](C(N)=O)c1ccccc1. The van der Waals surface area contributed by atoms with Crippen molar-refractivity contribution >= 4 is 47.1 Å². The number of carbonyl (C=O) groups excluding carboxylic acids is 8. The summed E-state index contributed by atoms with van der Waals surface area (Å²) >= 11 is 0. The van der Waals surface area contributed by atoms with E-state index in [1.807, 2.05) is 12.1 Å². The van der Waals surface area contributed by atoms with Gasteiger partial charge < -0.3 is 37.6 Å². The van der Waals surface area contributed by atoms with Crippen LogP contribution < -0.4 is 37.6 Å². The summed E-state index contributed by atoms with van der Waals surface area (Å²) in [5, 5.41) is 16.0. The fourth-order valence-electron chi connectivity index (χ4n) is 7.02. The van der Waals surface area contributed by atoms with E-state index < -0.39 is 66.0 Å². The molecule has 0 aromatic heterocycles. The highest BCUT2D eigenvalue weighted by Crippen LogP contribution is 2.27. The lowest BCUT2D eigenvalue weighted by molar-refractivity contribution is -0.141. The van der Waals surface area contributed by atoms with Crippen molar-refractivity contribution in [1.82, 2.24) is 31.9 Å². The molecule has 0 saturated heterocycles. The fraction of sp³-hybridized carbons (Fsp3) is 0.500. The van der Waals surface area contributed by atoms with Crippen molar-refractivity contribution in [2.24, 2.45) is 11.7 Å². The van der Waals surface area contributed by atoms with Crippen LogP contribution in [0.5, 0.6) is 0 Å². The second kappa shape index (κ2) is 21.3. The number of rotatable bonds is 12. The second-order valence-corrected chi connectivity index (χ2v) is 14.2. The molecule has 1 aliphatic carbocycles. The van der Waals surface area contributed by atoms with Gasteiger partial charge in [0.2, 0.25) is 41.2 Å². The predicted octanol–water partition coefficient (Wildman–Crippen LogP) is 0.935. The Labute approximate surface area is 321 Å². The van der Waals surface area contributed by atoms with Crippen LogP contribution in [0.15, 0.2) is 54.6 Å². The molecule has 2 aliphatic rings. The van der Waals surface area contributed by atoms with Crippen LogP contribution in [-0.2, 0) is 51.2 Å². The molecule has 1 fully saturated rings. The van der Waals surface area contributed by atoms with E-state index in [1.165, 1.54) is 0 Å². The van der Waals surface area contributed by atoms with Crippen molar-refractivity contribution in [3.05, 3.63) is 71.3 Å². The van der Waals surface area contributed by atoms with E-state index in [1.54, 1.807) is 49.4 Å². The van der Waals surface area contributed by atoms with Crippen molar-refractivity contribution in [2.75, 3.05) is 13.1 Å². The first-order valence-corrected chi connectivity index (χ1v) is 19.2. The van der Waals surface area contributed by atoms with E-state index in [0.717, 1.165) is 37.7 Å². The van der Waals surface area contributed by atoms with Gasteiger partial charge in [0.05, 0.1) is 25.4 Å². The van der Waals surface area contributed by atoms with Crippen LogP contribution in [-0.4, -0.2) is 78.3 Å². The molecule has 8 N–H and O–H groups in total. The topological polar surface area (TPSA) is 235 Å². The van der Waals surface area contributed by atoms with Gasteiger partial charge in [0.1, 0.15) is 18.1 Å². The number of primary amides is 1. The Morgan fingerprint density at radius 2 is 1.47 bits per heavy atom. The molecule has 7 amide bonds. The molecule has 55 heavy (non-hydrogen) atoms. The van der Waals surface area contributed by atoms with Crippen LogP contribution in [0, 0.1) is 5.92 Å². The molecule has 1 unspecified atom stereocenters. The average molecular weight is 760 g/mol. The van der Waals surface area contributed by atoms with Gasteiger partial charge in [-0.3, -0.25) is 38.4 Å². The third kappa shape index (κ3) is 13.3. The third-order valence-electron chi connectivity index (χ3n) is 9.88. The van der Waals surface area contributed by atoms with Crippen molar-refractivity contribution in [1.29, 1.82) is 0 Å². The van der Waals surface area contributed by atoms with Crippen LogP contribution >= 0.6 is 0 Å². The van der Waals surface area contributed by atoms with Crippen LogP contribution in [0.2, 0.25) is 0 Å². The zero-order chi connectivity index (χ0) is 39.7. The van der Waals surface area contributed by atoms with E-state index >= 15 is 0 Å². The van der Waals surface area contributed by atoms with Gasteiger partial charge in [0.25, 0.3) is 5.91 Å². The minimum Gasteiger partial charge on any atom is -0.368 e. The van der Waals surface area contributed by atoms with Gasteiger partial charge in [0.15, 0.2) is 0 Å². The molecule has 2 aromatic rings. The van der Waals surface area contributed by atoms with E-state index in [9.17, 15) is 38.4 Å². The number of nitrogens with two attached hydrogens (primary N) is 1. The summed E-state index contributed by atoms with van der Waals surface area (Å²) in [6.07, 6.45) is 6.01. The number of benzene rings is 2. The van der Waals surface area contributed by atoms with Gasteiger partial charge in [-0.15, -0.1) is 0 Å². The number of ketones is 1. The standard InChI is InChI=1S/C40H53N7O8/c1-2-12-29(36(51)40(55)43-24-33(50)47-34(37(41)52)27-15-5-3-6-16-27)44-38(53)30-19-9-10-20-42-31(48)22-25-13-11-14-26(21-25)23-32(49)46-35(39(54)45-30)28-17-7-4-8-18-28/h3,5-6,11,13-16,21,28-30,34-35H,2,4,7-10,12,17-20,22-24H2,1H3,(H2,41,52)(H,42,48)(H,43,55)(H,44,53)(H,45,54)(H,46,49)(H,47,50)/t29?,30-,34-,35-/m0/s1. The van der Waals surface area contributed by atoms with Crippen LogP contribution in [0.4, 0.5) is 0 Å². The van der Waals surface area contributed by atoms with E-state index in [-0.39, 0.29) is 43.4 Å². The Bertz CT molecular complexity index is 1690. The van der Waals surface area contributed by atoms with Crippen LogP contribution in [0.25, 0.3) is 0 Å². The summed E-state index contributed by atoms with van der Waals surface area (Å²) in [4.78, 5) is 105. The minimum atomic E-state index is -1.27. The number of hydrogen-bond donors (Lipinski definition) is 7. The molecule has 1 aliphatic heterocycles. The highest BCUT2D eigenvalue weighted by Gasteiger charge is 2.35. The summed E-state index contributed by atoms with van der Waals surface area (Å²) in [6, 6.07) is 11.0. The molecule has 4 atom stereocenters. The maximum Gasteiger partial charge on any atom is 0.290 e. The second-order valence-electron chi connectivity index (χ2n) is 14.2. The number of fused-ring (bicyclic) bond motifs is 2. The summed E-state index contributed by atoms with van der Waals surface area (Å²) in [7, 11) is 0. The van der Waals surface area contributed by atoms with Crippen LogP contribution in [0.1, 0.15) is 93.9 Å². The summed E-state index contributed by atoms with van der Waals surface area (Å²) in [5.41, 5.74) is 7.36. The Morgan fingerprint density at radius 1 is 0.800 bits per heavy atom. The lowest BCUT2D eigenvalue weighted by atomic mass is 9.83. The van der Waals surface area contributed by atoms with Crippen molar-refractivity contribution < 1.29 is 38.4 Å². The van der Waals surface area contributed by atoms with E-state index in [0.29, 0.717) is 36.9 Å². The van der Waals surface area contributed by atoms with Gasteiger partial charge in [0, 0.05) is 6.54 Å². The molecule has 1 saturated carbocycles. The largest absolute Gasteiger partial charge is 0.368 e. The highest BCUT2D eigenvalue weighted by atomic mass is 16.2. The zero-order valence-corrected chi connectivity index (χ0v) is 31.3. The quantitative estimate of drug-likeness (QED) is 0.154. The molecule has 296 valence electrons. The molecule has 2 aromatic carbocycles. The first-order valence-electron chi connectivity index (χ1n) is 19.2. The molecule has 2 bridgehead atoms. The van der Waals surface area contributed by atoms with E-state index in [2.05, 4.69) is 31.9 Å². The molecule has 15 nitrogen and oxygen atoms in total. The zero-order valence-electron chi connectivity index (χ0n) is 31.3. The number of carbonyl (C=O) groups is 8. The number of nitrogens with one attached hydrogen (secondary N) is 6. The monoisotopic (exact) mass is 759 g/mol. The summed E-state index contributed by atoms with van der Waals surface area (Å²) in [6.45, 7) is 1.47. The van der Waals surface area contributed by atoms with Gasteiger partial charge in [-0.05, 0) is 61.1 Å². The third-order valence-corrected chi connectivity index (χ3v) is 9.88. The lowest BCUT2D eigenvalue weighted by Gasteiger charge is -2.31. The smallest absolute Gasteiger partial charge is 0.290 e. The molecular weight excluding hydrogens is 706 g/mol. The molecule has 0 spiro atoms. The maximum atomic E-state index is 14.0. The molecule has 1 heterocycles. The molecule has 4 rings (SSSR count). The Kier molecular flexibility index (Phi) is 16.3. The summed E-state index contributed by atoms with van der Waals surface area (Å²) < 4.78 is 0. The molecular formula is C40H53N7O8. The molecule has 0 radical (unpaired) electrons. The minimum absolute atomic E-state index is 0.000835. The summed E-state index contributed by atoms with van der Waals surface area (Å²) in [5.74, 6) is -5.59. The van der Waals surface area contributed by atoms with E-state index in [4.69, 9.17) is 5.73 Å². The highest BCUT2D eigenvalue weighted by molar-refractivity contribution is 6.38. The van der Waals surface area contributed by atoms with Gasteiger partial charge in [-0.1, -0.05) is 87.2 Å². The number of hydrogen-bond acceptors (Lipinski definition) is 8. The Morgan fingerprint density at radius 3 is 2.15 bits per heavy atom. The van der Waals surface area contributed by atoms with Crippen LogP contribution in [0.3, 0.4) is 0 Å². The maximum absolute atomic E-state index is 14.0.